The molecular formula is C16H11F4NO4. The van der Waals surface area contributed by atoms with E-state index in [4.69, 9.17) is 4.74 Å². The van der Waals surface area contributed by atoms with Gasteiger partial charge in [-0.15, -0.1) is 0 Å². The van der Waals surface area contributed by atoms with Gasteiger partial charge in [-0.1, -0.05) is 12.1 Å². The number of hydrogen-bond acceptors (Lipinski definition) is 4. The number of hydrogen-bond donors (Lipinski definition) is 2. The molecule has 0 bridgehead atoms. The predicted octanol–water partition coefficient (Wildman–Crippen LogP) is 2.57. The average molecular weight is 357 g/mol. The number of alkyl halides is 3. The van der Waals surface area contributed by atoms with Gasteiger partial charge in [0.05, 0.1) is 34.0 Å². The van der Waals surface area contributed by atoms with Gasteiger partial charge < -0.3 is 15.2 Å². The molecule has 1 atom stereocenters. The molecule has 0 aliphatic carbocycles. The maximum absolute atomic E-state index is 13.9. The Kier molecular flexibility index (Phi) is 4.23. The highest BCUT2D eigenvalue weighted by atomic mass is 19.3. The normalized spacial score (nSPS) is 19.9. The average Bonchev–Trinajstić information content (AvgIpc) is 2.93. The first kappa shape index (κ1) is 17.0. The Morgan fingerprint density at radius 2 is 2.12 bits per heavy atom. The summed E-state index contributed by atoms with van der Waals surface area (Å²) in [7, 11) is 0. The molecule has 0 spiro atoms. The van der Waals surface area contributed by atoms with Crippen molar-refractivity contribution in [2.45, 2.75) is 12.3 Å². The van der Waals surface area contributed by atoms with E-state index >= 15 is 0 Å². The summed E-state index contributed by atoms with van der Waals surface area (Å²) >= 11 is 0. The summed E-state index contributed by atoms with van der Waals surface area (Å²) in [6.45, 7) is -1.51. The van der Waals surface area contributed by atoms with Gasteiger partial charge in [0, 0.05) is 0 Å². The van der Waals surface area contributed by atoms with E-state index in [0.717, 1.165) is 18.2 Å². The van der Waals surface area contributed by atoms with E-state index in [-0.39, 0.29) is 23.6 Å². The quantitative estimate of drug-likeness (QED) is 0.640. The van der Waals surface area contributed by atoms with E-state index < -0.39 is 53.5 Å². The van der Waals surface area contributed by atoms with Gasteiger partial charge in [-0.25, -0.2) is 27.2 Å². The zero-order valence-electron chi connectivity index (χ0n) is 12.5. The van der Waals surface area contributed by atoms with Gasteiger partial charge in [0.1, 0.15) is 19.1 Å². The van der Waals surface area contributed by atoms with E-state index in [1.807, 2.05) is 0 Å². The number of cyclic esters (lactones) is 1. The summed E-state index contributed by atoms with van der Waals surface area (Å²) in [5.74, 6) is -5.34. The van der Waals surface area contributed by atoms with Crippen molar-refractivity contribution in [2.24, 2.45) is 0 Å². The Bertz CT molecular complexity index is 831. The fraction of sp³-hybridized carbons (Fsp3) is 0.250. The smallest absolute Gasteiger partial charge is 0.337 e. The van der Waals surface area contributed by atoms with Crippen LogP contribution in [0.15, 0.2) is 40.7 Å². The Balaban J connectivity index is 2.31. The molecule has 5 nitrogen and oxygen atoms in total. The van der Waals surface area contributed by atoms with E-state index in [2.05, 4.69) is 5.32 Å². The molecule has 0 aromatic heterocycles. The van der Waals surface area contributed by atoms with Gasteiger partial charge in [0.2, 0.25) is 0 Å². The summed E-state index contributed by atoms with van der Waals surface area (Å²) in [5.41, 5.74) is -2.62. The largest absolute Gasteiger partial charge is 0.478 e. The molecule has 1 aromatic rings. The molecule has 132 valence electrons. The minimum Gasteiger partial charge on any atom is -0.478 e. The number of carboxylic acid groups (broad SMARTS) is 1. The number of carbonyl (C=O) groups is 2. The molecule has 0 saturated heterocycles. The van der Waals surface area contributed by atoms with Crippen molar-refractivity contribution >= 4 is 11.9 Å². The van der Waals surface area contributed by atoms with Gasteiger partial charge >= 0.3 is 11.9 Å². The van der Waals surface area contributed by atoms with Crippen molar-refractivity contribution < 1.29 is 37.0 Å². The van der Waals surface area contributed by atoms with Crippen LogP contribution in [0.5, 0.6) is 0 Å². The number of ether oxygens (including phenoxy) is 1. The lowest BCUT2D eigenvalue weighted by Crippen LogP contribution is -2.31. The topological polar surface area (TPSA) is 75.6 Å². The predicted molar refractivity (Wildman–Crippen MR) is 75.9 cm³/mol. The number of halogens is 4. The third kappa shape index (κ3) is 2.65. The van der Waals surface area contributed by atoms with Gasteiger partial charge in [-0.3, -0.25) is 0 Å². The lowest BCUT2D eigenvalue weighted by atomic mass is 9.79. The number of dihydropyridines is 1. The summed E-state index contributed by atoms with van der Waals surface area (Å²) in [4.78, 5) is 23.7. The fourth-order valence-corrected chi connectivity index (χ4v) is 3.08. The molecule has 2 heterocycles. The summed E-state index contributed by atoms with van der Waals surface area (Å²) in [5, 5.41) is 11.9. The molecular weight excluding hydrogens is 346 g/mol. The van der Waals surface area contributed by atoms with Gasteiger partial charge in [0.25, 0.3) is 6.43 Å². The van der Waals surface area contributed by atoms with Crippen molar-refractivity contribution in [3.8, 4) is 0 Å². The van der Waals surface area contributed by atoms with Crippen LogP contribution in [-0.4, -0.2) is 30.3 Å². The van der Waals surface area contributed by atoms with Crippen LogP contribution in [0.2, 0.25) is 0 Å². The minimum atomic E-state index is -3.25. The fourth-order valence-electron chi connectivity index (χ4n) is 3.08. The van der Waals surface area contributed by atoms with Crippen LogP contribution in [-0.2, 0) is 14.3 Å². The van der Waals surface area contributed by atoms with Crippen LogP contribution in [0.1, 0.15) is 23.5 Å². The maximum Gasteiger partial charge on any atom is 0.337 e. The van der Waals surface area contributed by atoms with Crippen LogP contribution in [0.25, 0.3) is 0 Å². The number of carboxylic acids is 1. The maximum atomic E-state index is 13.9. The molecule has 1 aromatic carbocycles. The SMILES string of the molecule is O=C(O)C1=C(CF)NC2=C(C(=O)OC2)C1c1cccc(F)c1C(F)F. The second-order valence-corrected chi connectivity index (χ2v) is 5.40. The highest BCUT2D eigenvalue weighted by Crippen LogP contribution is 2.44. The van der Waals surface area contributed by atoms with Crippen molar-refractivity contribution in [2.75, 3.05) is 13.3 Å². The Hall–Kier alpha value is -2.84. The molecule has 2 aliphatic heterocycles. The molecule has 9 heteroatoms. The summed E-state index contributed by atoms with van der Waals surface area (Å²) < 4.78 is 58.8. The molecule has 2 aliphatic rings. The number of aliphatic carboxylic acids is 1. The van der Waals surface area contributed by atoms with Crippen LogP contribution < -0.4 is 5.32 Å². The number of carbonyl (C=O) groups excluding carboxylic acids is 1. The molecule has 0 amide bonds. The van der Waals surface area contributed by atoms with Gasteiger partial charge in [-0.2, -0.15) is 0 Å². The number of nitrogens with one attached hydrogen (secondary N) is 1. The van der Waals surface area contributed by atoms with Crippen molar-refractivity contribution in [1.82, 2.24) is 5.32 Å². The van der Waals surface area contributed by atoms with Gasteiger partial charge in [0.15, 0.2) is 0 Å². The summed E-state index contributed by atoms with van der Waals surface area (Å²) in [6.07, 6.45) is -3.25. The summed E-state index contributed by atoms with van der Waals surface area (Å²) in [6, 6.07) is 3.01. The third-order valence-electron chi connectivity index (χ3n) is 4.08. The number of allylic oxidation sites excluding steroid dienone is 1. The van der Waals surface area contributed by atoms with Crippen LogP contribution >= 0.6 is 0 Å². The van der Waals surface area contributed by atoms with Crippen molar-refractivity contribution in [3.63, 3.8) is 0 Å². The van der Waals surface area contributed by atoms with E-state index in [9.17, 15) is 32.3 Å². The molecule has 0 fully saturated rings. The Labute approximate surface area is 138 Å². The van der Waals surface area contributed by atoms with Crippen LogP contribution in [0.3, 0.4) is 0 Å². The first-order valence-electron chi connectivity index (χ1n) is 7.12. The standard InChI is InChI=1S/C16H11F4NO4/c17-4-8-12(15(22)23)11(13-9(21-8)5-25-16(13)24)6-2-1-3-7(18)10(6)14(19)20/h1-3,11,14,21H,4-5H2,(H,22,23). The van der Waals surface area contributed by atoms with E-state index in [1.54, 1.807) is 0 Å². The highest BCUT2D eigenvalue weighted by molar-refractivity contribution is 6.00. The van der Waals surface area contributed by atoms with E-state index in [1.165, 1.54) is 0 Å². The number of benzene rings is 1. The van der Waals surface area contributed by atoms with Crippen LogP contribution in [0.4, 0.5) is 17.6 Å². The second-order valence-electron chi connectivity index (χ2n) is 5.40. The minimum absolute atomic E-state index is 0.0807. The zero-order valence-corrected chi connectivity index (χ0v) is 12.5. The zero-order chi connectivity index (χ0) is 18.3. The van der Waals surface area contributed by atoms with Crippen molar-refractivity contribution in [1.29, 1.82) is 0 Å². The molecule has 2 N–H and O–H groups in total. The highest BCUT2D eigenvalue weighted by Gasteiger charge is 2.44. The number of esters is 1. The lowest BCUT2D eigenvalue weighted by molar-refractivity contribution is -0.136. The molecule has 0 saturated carbocycles. The van der Waals surface area contributed by atoms with E-state index in [0.29, 0.717) is 0 Å². The molecule has 1 unspecified atom stereocenters. The monoisotopic (exact) mass is 357 g/mol. The second kappa shape index (κ2) is 6.23. The lowest BCUT2D eigenvalue weighted by Gasteiger charge is -2.28. The van der Waals surface area contributed by atoms with Crippen molar-refractivity contribution in [3.05, 3.63) is 57.7 Å². The Morgan fingerprint density at radius 3 is 2.72 bits per heavy atom. The third-order valence-corrected chi connectivity index (χ3v) is 4.08. The molecule has 0 radical (unpaired) electrons. The molecule has 25 heavy (non-hydrogen) atoms. The van der Waals surface area contributed by atoms with Crippen LogP contribution in [0, 0.1) is 5.82 Å². The first-order chi connectivity index (χ1) is 11.9. The molecule has 3 rings (SSSR count). The number of rotatable bonds is 4. The first-order valence-corrected chi connectivity index (χ1v) is 7.12. The van der Waals surface area contributed by atoms with Gasteiger partial charge in [-0.05, 0) is 11.6 Å². The Morgan fingerprint density at radius 1 is 1.40 bits per heavy atom.